The number of aliphatic hydroxyl groups is 1. The summed E-state index contributed by atoms with van der Waals surface area (Å²) in [6.07, 6.45) is 1.72. The molecule has 3 atom stereocenters. The summed E-state index contributed by atoms with van der Waals surface area (Å²) in [5, 5.41) is 22.6. The minimum Gasteiger partial charge on any atom is -0.504 e. The van der Waals surface area contributed by atoms with Gasteiger partial charge in [0.2, 0.25) is 0 Å². The number of piperidine rings is 1. The monoisotopic (exact) mass is 333 g/mol. The number of fused-ring (bicyclic) bond motifs is 1. The van der Waals surface area contributed by atoms with Crippen molar-refractivity contribution in [2.75, 3.05) is 20.7 Å². The van der Waals surface area contributed by atoms with Crippen LogP contribution in [0.15, 0.2) is 12.1 Å². The van der Waals surface area contributed by atoms with Crippen LogP contribution in [0.3, 0.4) is 0 Å². The van der Waals surface area contributed by atoms with Crippen LogP contribution in [0.5, 0.6) is 11.5 Å². The molecule has 1 aliphatic heterocycles. The molecule has 24 heavy (non-hydrogen) atoms. The van der Waals surface area contributed by atoms with E-state index in [4.69, 9.17) is 4.74 Å². The Morgan fingerprint density at radius 2 is 2.04 bits per heavy atom. The molecule has 1 heterocycles. The van der Waals surface area contributed by atoms with E-state index in [0.717, 1.165) is 12.1 Å². The van der Waals surface area contributed by atoms with Gasteiger partial charge in [-0.1, -0.05) is 6.07 Å². The van der Waals surface area contributed by atoms with Gasteiger partial charge in [-0.2, -0.15) is 0 Å². The highest BCUT2D eigenvalue weighted by Crippen LogP contribution is 2.56. The highest BCUT2D eigenvalue weighted by Gasteiger charge is 2.61. The Labute approximate surface area is 143 Å². The lowest BCUT2D eigenvalue weighted by Crippen LogP contribution is -2.69. The molecule has 3 rings (SSSR count). The van der Waals surface area contributed by atoms with Gasteiger partial charge in [0.05, 0.1) is 12.7 Å². The average Bonchev–Trinajstić information content (AvgIpc) is 2.54. The second-order valence-corrected chi connectivity index (χ2v) is 7.44. The quantitative estimate of drug-likeness (QED) is 0.868. The van der Waals surface area contributed by atoms with Crippen LogP contribution in [0, 0.1) is 6.92 Å². The fraction of sp³-hybridized carbons (Fsp3) is 0.632. The molecule has 1 aromatic carbocycles. The smallest absolute Gasteiger partial charge is 0.161 e. The van der Waals surface area contributed by atoms with Gasteiger partial charge in [0.15, 0.2) is 11.5 Å². The number of phenols is 1. The van der Waals surface area contributed by atoms with E-state index in [1.54, 1.807) is 6.07 Å². The number of likely N-dealkylation sites (tertiary alicyclic amines) is 1. The molecule has 1 saturated heterocycles. The number of benzene rings is 1. The Hall–Kier alpha value is -1.59. The number of ether oxygens (including phenoxy) is 1. The number of carbonyl (C=O) groups excluding carboxylic acids is 1. The van der Waals surface area contributed by atoms with Gasteiger partial charge in [-0.05, 0) is 51.9 Å². The first-order chi connectivity index (χ1) is 11.3. The van der Waals surface area contributed by atoms with Crippen molar-refractivity contribution in [1.82, 2.24) is 4.90 Å². The fourth-order valence-corrected chi connectivity index (χ4v) is 4.86. The summed E-state index contributed by atoms with van der Waals surface area (Å²) in [6, 6.07) is 3.53. The van der Waals surface area contributed by atoms with Gasteiger partial charge in [-0.3, -0.25) is 4.79 Å². The van der Waals surface area contributed by atoms with Crippen molar-refractivity contribution >= 4 is 5.78 Å². The number of hydrogen-bond acceptors (Lipinski definition) is 5. The van der Waals surface area contributed by atoms with Crippen LogP contribution in [-0.4, -0.2) is 53.2 Å². The molecule has 2 fully saturated rings. The van der Waals surface area contributed by atoms with Gasteiger partial charge in [0.1, 0.15) is 5.78 Å². The first kappa shape index (κ1) is 17.2. The maximum absolute atomic E-state index is 12.4. The van der Waals surface area contributed by atoms with E-state index < -0.39 is 11.0 Å². The van der Waals surface area contributed by atoms with Gasteiger partial charge >= 0.3 is 0 Å². The Morgan fingerprint density at radius 3 is 2.71 bits per heavy atom. The third-order valence-electron chi connectivity index (χ3n) is 6.40. The maximum atomic E-state index is 12.4. The zero-order valence-electron chi connectivity index (χ0n) is 14.9. The minimum atomic E-state index is -1.05. The third-order valence-corrected chi connectivity index (χ3v) is 6.40. The Bertz CT molecular complexity index is 674. The number of methoxy groups -OCH3 is 1. The topological polar surface area (TPSA) is 70.0 Å². The van der Waals surface area contributed by atoms with E-state index in [0.29, 0.717) is 30.6 Å². The molecule has 0 spiro atoms. The molecule has 0 aromatic heterocycles. The van der Waals surface area contributed by atoms with E-state index in [1.807, 2.05) is 27.0 Å². The molecule has 0 bridgehead atoms. The van der Waals surface area contributed by atoms with Crippen molar-refractivity contribution < 1.29 is 19.7 Å². The number of likely N-dealkylation sites (N-methyl/N-ethyl adjacent to an activating group) is 1. The van der Waals surface area contributed by atoms with E-state index >= 15 is 0 Å². The molecule has 1 aromatic rings. The first-order valence-electron chi connectivity index (χ1n) is 8.58. The van der Waals surface area contributed by atoms with Crippen molar-refractivity contribution in [2.45, 2.75) is 56.6 Å². The molecule has 132 valence electrons. The maximum Gasteiger partial charge on any atom is 0.161 e. The second kappa shape index (κ2) is 5.74. The van der Waals surface area contributed by atoms with Gasteiger partial charge in [-0.15, -0.1) is 0 Å². The zero-order chi connectivity index (χ0) is 17.7. The van der Waals surface area contributed by atoms with Crippen molar-refractivity contribution in [1.29, 1.82) is 0 Å². The lowest BCUT2D eigenvalue weighted by atomic mass is 9.53. The number of carbonyl (C=O) groups is 1. The normalized spacial score (nSPS) is 34.0. The number of ketones is 1. The summed E-state index contributed by atoms with van der Waals surface area (Å²) in [5.74, 6) is 0.595. The highest BCUT2D eigenvalue weighted by atomic mass is 16.5. The van der Waals surface area contributed by atoms with Crippen LogP contribution in [0.2, 0.25) is 0 Å². The molecule has 2 unspecified atom stereocenters. The fourth-order valence-electron chi connectivity index (χ4n) is 4.86. The number of nitrogens with zero attached hydrogens (tertiary/aromatic N) is 1. The lowest BCUT2D eigenvalue weighted by Gasteiger charge is -2.59. The number of hydrogen-bond donors (Lipinski definition) is 2. The zero-order valence-corrected chi connectivity index (χ0v) is 14.9. The molecule has 1 saturated carbocycles. The van der Waals surface area contributed by atoms with Gasteiger partial charge in [-0.25, -0.2) is 0 Å². The molecule has 5 nitrogen and oxygen atoms in total. The Morgan fingerprint density at radius 1 is 1.33 bits per heavy atom. The molecular formula is C19H27NO4. The van der Waals surface area contributed by atoms with E-state index in [9.17, 15) is 15.0 Å². The van der Waals surface area contributed by atoms with Crippen LogP contribution in [0.25, 0.3) is 0 Å². The summed E-state index contributed by atoms with van der Waals surface area (Å²) < 4.78 is 5.29. The SMILES string of the molecule is COc1ccc(C)c([C@]23CCN(C)C(C)C2(O)CCC(=O)C3)c1O. The van der Waals surface area contributed by atoms with Crippen LogP contribution < -0.4 is 4.74 Å². The summed E-state index contributed by atoms with van der Waals surface area (Å²) in [6.45, 7) is 4.70. The molecule has 2 aliphatic rings. The third kappa shape index (κ3) is 2.18. The molecule has 1 aliphatic carbocycles. The highest BCUT2D eigenvalue weighted by molar-refractivity contribution is 5.82. The van der Waals surface area contributed by atoms with Crippen LogP contribution >= 0.6 is 0 Å². The van der Waals surface area contributed by atoms with Crippen LogP contribution in [-0.2, 0) is 10.2 Å². The molecule has 5 heteroatoms. The summed E-state index contributed by atoms with van der Waals surface area (Å²) >= 11 is 0. The largest absolute Gasteiger partial charge is 0.504 e. The molecule has 2 N–H and O–H groups in total. The van der Waals surface area contributed by atoms with Gasteiger partial charge in [0, 0.05) is 29.9 Å². The number of aromatic hydroxyl groups is 1. The molecule has 0 radical (unpaired) electrons. The van der Waals surface area contributed by atoms with E-state index in [2.05, 4.69) is 4.90 Å². The standard InChI is InChI=1S/C19H27NO4/c1-12-5-6-15(24-4)17(22)16(12)18-9-10-20(3)13(2)19(18,23)8-7-14(21)11-18/h5-6,13,22-23H,7-11H2,1-4H3/t13?,18-,19?/m1/s1. The van der Waals surface area contributed by atoms with Crippen molar-refractivity contribution in [3.63, 3.8) is 0 Å². The predicted octanol–water partition coefficient (Wildman–Crippen LogP) is 2.16. The Kier molecular flexibility index (Phi) is 4.12. The van der Waals surface area contributed by atoms with Crippen molar-refractivity contribution in [2.24, 2.45) is 0 Å². The summed E-state index contributed by atoms with van der Waals surface area (Å²) in [7, 11) is 3.52. The van der Waals surface area contributed by atoms with Crippen LogP contribution in [0.1, 0.15) is 43.7 Å². The second-order valence-electron chi connectivity index (χ2n) is 7.44. The van der Waals surface area contributed by atoms with Crippen molar-refractivity contribution in [3.8, 4) is 11.5 Å². The molecular weight excluding hydrogens is 306 g/mol. The van der Waals surface area contributed by atoms with Crippen LogP contribution in [0.4, 0.5) is 0 Å². The van der Waals surface area contributed by atoms with E-state index in [-0.39, 0.29) is 24.0 Å². The number of Topliss-reactive ketones (excluding diaryl/α,β-unsaturated/α-hetero) is 1. The minimum absolute atomic E-state index is 0.0578. The predicted molar refractivity (Wildman–Crippen MR) is 91.6 cm³/mol. The number of aryl methyl sites for hydroxylation is 1. The van der Waals surface area contributed by atoms with Gasteiger partial charge < -0.3 is 19.8 Å². The Balaban J connectivity index is 2.27. The molecule has 0 amide bonds. The lowest BCUT2D eigenvalue weighted by molar-refractivity contribution is -0.161. The summed E-state index contributed by atoms with van der Waals surface area (Å²) in [5.41, 5.74) is -0.255. The van der Waals surface area contributed by atoms with E-state index in [1.165, 1.54) is 7.11 Å². The summed E-state index contributed by atoms with van der Waals surface area (Å²) in [4.78, 5) is 14.5. The number of phenolic OH excluding ortho intramolecular Hbond substituents is 1. The number of rotatable bonds is 2. The van der Waals surface area contributed by atoms with Crippen molar-refractivity contribution in [3.05, 3.63) is 23.3 Å². The van der Waals surface area contributed by atoms with Gasteiger partial charge in [0.25, 0.3) is 0 Å². The first-order valence-corrected chi connectivity index (χ1v) is 8.58. The average molecular weight is 333 g/mol.